The molecule has 3 aromatic rings. The lowest BCUT2D eigenvalue weighted by atomic mass is 10.2. The summed E-state index contributed by atoms with van der Waals surface area (Å²) in [7, 11) is 0. The molecule has 0 saturated carbocycles. The quantitative estimate of drug-likeness (QED) is 0.247. The predicted octanol–water partition coefficient (Wildman–Crippen LogP) is 4.61. The van der Waals surface area contributed by atoms with Crippen molar-refractivity contribution in [3.8, 4) is 17.2 Å². The van der Waals surface area contributed by atoms with E-state index in [2.05, 4.69) is 10.3 Å². The van der Waals surface area contributed by atoms with E-state index in [-0.39, 0.29) is 33.5 Å². The summed E-state index contributed by atoms with van der Waals surface area (Å²) in [4.78, 5) is 38.4. The van der Waals surface area contributed by atoms with E-state index in [0.29, 0.717) is 18.1 Å². The first kappa shape index (κ1) is 23.5. The second kappa shape index (κ2) is 11.0. The summed E-state index contributed by atoms with van der Waals surface area (Å²) < 4.78 is 11.1. The fourth-order valence-electron chi connectivity index (χ4n) is 2.73. The molecule has 33 heavy (non-hydrogen) atoms. The zero-order valence-corrected chi connectivity index (χ0v) is 18.2. The topological polar surface area (TPSA) is 141 Å². The third-order valence-electron chi connectivity index (χ3n) is 4.10. The number of thioether (sulfide) groups is 1. The van der Waals surface area contributed by atoms with Crippen LogP contribution in [0.25, 0.3) is 0 Å². The third-order valence-corrected chi connectivity index (χ3v) is 5.10. The van der Waals surface area contributed by atoms with Crippen molar-refractivity contribution >= 4 is 35.0 Å². The number of nitro benzene ring substituents is 1. The largest absolute Gasteiger partial charge is 0.494 e. The molecular weight excluding hydrogens is 450 g/mol. The van der Waals surface area contributed by atoms with E-state index < -0.39 is 16.8 Å². The van der Waals surface area contributed by atoms with Crippen molar-refractivity contribution in [1.82, 2.24) is 4.98 Å². The zero-order valence-electron chi connectivity index (χ0n) is 17.4. The molecule has 0 bridgehead atoms. The number of hydrogen-bond donors (Lipinski definition) is 2. The highest BCUT2D eigenvalue weighted by atomic mass is 32.2. The van der Waals surface area contributed by atoms with Gasteiger partial charge in [0.2, 0.25) is 5.91 Å². The summed E-state index contributed by atoms with van der Waals surface area (Å²) in [6.45, 7) is 2.38. The Labute approximate surface area is 192 Å². The summed E-state index contributed by atoms with van der Waals surface area (Å²) in [5.41, 5.74) is -0.119. The monoisotopic (exact) mass is 469 g/mol. The van der Waals surface area contributed by atoms with Gasteiger partial charge in [-0.25, -0.2) is 9.78 Å². The molecule has 170 valence electrons. The molecule has 0 radical (unpaired) electrons. The lowest BCUT2D eigenvalue weighted by molar-refractivity contribution is -0.384. The molecule has 0 saturated heterocycles. The Balaban J connectivity index is 1.72. The number of aromatic carboxylic acids is 1. The Kier molecular flexibility index (Phi) is 7.82. The first-order chi connectivity index (χ1) is 15.9. The van der Waals surface area contributed by atoms with Gasteiger partial charge in [0.25, 0.3) is 5.69 Å². The molecule has 0 fully saturated rings. The van der Waals surface area contributed by atoms with Crippen LogP contribution in [0.3, 0.4) is 0 Å². The second-order valence-electron chi connectivity index (χ2n) is 6.48. The van der Waals surface area contributed by atoms with Gasteiger partial charge >= 0.3 is 5.97 Å². The molecule has 0 aliphatic rings. The number of anilines is 1. The number of aromatic nitrogens is 1. The van der Waals surface area contributed by atoms with E-state index in [1.54, 1.807) is 24.3 Å². The van der Waals surface area contributed by atoms with Crippen molar-refractivity contribution in [2.45, 2.75) is 11.9 Å². The maximum atomic E-state index is 12.4. The van der Waals surface area contributed by atoms with Crippen LogP contribution < -0.4 is 14.8 Å². The van der Waals surface area contributed by atoms with E-state index in [1.807, 2.05) is 6.92 Å². The van der Waals surface area contributed by atoms with Crippen LogP contribution in [0.1, 0.15) is 17.3 Å². The van der Waals surface area contributed by atoms with Crippen molar-refractivity contribution in [2.75, 3.05) is 17.7 Å². The number of pyridine rings is 1. The SMILES string of the molecule is CCOc1ccc(Oc2cc(NC(=O)CSc3ncccc3C(=O)O)cc([N+](=O)[O-])c2)cc1. The predicted molar refractivity (Wildman–Crippen MR) is 121 cm³/mol. The van der Waals surface area contributed by atoms with Crippen LogP contribution in [-0.4, -0.2) is 39.3 Å². The average molecular weight is 469 g/mol. The van der Waals surface area contributed by atoms with Crippen LogP contribution in [0.2, 0.25) is 0 Å². The molecule has 2 aromatic carbocycles. The van der Waals surface area contributed by atoms with Gasteiger partial charge in [0.15, 0.2) is 0 Å². The van der Waals surface area contributed by atoms with E-state index >= 15 is 0 Å². The molecule has 0 atom stereocenters. The molecule has 0 unspecified atom stereocenters. The Morgan fingerprint density at radius 1 is 1.12 bits per heavy atom. The standard InChI is InChI=1S/C22H19N3O7S/c1-2-31-16-5-7-17(8-6-16)32-18-11-14(10-15(12-18)25(29)30)24-20(26)13-33-21-19(22(27)28)4-3-9-23-21/h3-12H,2,13H2,1H3,(H,24,26)(H,27,28). The van der Waals surface area contributed by atoms with Gasteiger partial charge in [-0.2, -0.15) is 0 Å². The molecule has 0 spiro atoms. The number of carbonyl (C=O) groups excluding carboxylic acids is 1. The molecule has 0 aliphatic carbocycles. The number of ether oxygens (including phenoxy) is 2. The summed E-state index contributed by atoms with van der Waals surface area (Å²) in [6, 6.07) is 13.5. The van der Waals surface area contributed by atoms with E-state index in [4.69, 9.17) is 9.47 Å². The number of carboxylic acid groups (broad SMARTS) is 1. The van der Waals surface area contributed by atoms with Crippen LogP contribution in [0.5, 0.6) is 17.2 Å². The molecule has 1 aromatic heterocycles. The van der Waals surface area contributed by atoms with E-state index in [0.717, 1.165) is 11.8 Å². The molecule has 1 heterocycles. The summed E-state index contributed by atoms with van der Waals surface area (Å²) in [6.07, 6.45) is 1.43. The fraction of sp³-hybridized carbons (Fsp3) is 0.136. The van der Waals surface area contributed by atoms with Gasteiger partial charge in [0.1, 0.15) is 22.3 Å². The minimum absolute atomic E-state index is 0.0170. The number of non-ortho nitro benzene ring substituents is 1. The van der Waals surface area contributed by atoms with Gasteiger partial charge in [0, 0.05) is 18.3 Å². The Hall–Kier alpha value is -4.12. The number of carboxylic acids is 1. The highest BCUT2D eigenvalue weighted by Gasteiger charge is 2.16. The van der Waals surface area contributed by atoms with Crippen molar-refractivity contribution in [3.63, 3.8) is 0 Å². The smallest absolute Gasteiger partial charge is 0.338 e. The number of amides is 1. The highest BCUT2D eigenvalue weighted by molar-refractivity contribution is 8.00. The molecule has 2 N–H and O–H groups in total. The van der Waals surface area contributed by atoms with Crippen molar-refractivity contribution in [3.05, 3.63) is 76.5 Å². The van der Waals surface area contributed by atoms with Gasteiger partial charge in [-0.1, -0.05) is 11.8 Å². The normalized spacial score (nSPS) is 10.3. The van der Waals surface area contributed by atoms with Gasteiger partial charge in [0.05, 0.1) is 34.6 Å². The maximum Gasteiger partial charge on any atom is 0.338 e. The van der Waals surface area contributed by atoms with Crippen LogP contribution in [0.4, 0.5) is 11.4 Å². The molecule has 11 heteroatoms. The minimum atomic E-state index is -1.15. The van der Waals surface area contributed by atoms with Gasteiger partial charge in [-0.15, -0.1) is 0 Å². The van der Waals surface area contributed by atoms with Crippen molar-refractivity contribution in [2.24, 2.45) is 0 Å². The van der Waals surface area contributed by atoms with Gasteiger partial charge in [-0.05, 0) is 43.3 Å². The Morgan fingerprint density at radius 3 is 2.52 bits per heavy atom. The molecule has 0 aliphatic heterocycles. The first-order valence-corrected chi connectivity index (χ1v) is 10.7. The van der Waals surface area contributed by atoms with Crippen LogP contribution in [-0.2, 0) is 4.79 Å². The van der Waals surface area contributed by atoms with E-state index in [1.165, 1.54) is 36.5 Å². The van der Waals surface area contributed by atoms with Crippen LogP contribution in [0, 0.1) is 10.1 Å². The summed E-state index contributed by atoms with van der Waals surface area (Å²) in [5, 5.41) is 23.3. The zero-order chi connectivity index (χ0) is 23.8. The Bertz CT molecular complexity index is 1170. The fourth-order valence-corrected chi connectivity index (χ4v) is 3.51. The Morgan fingerprint density at radius 2 is 1.85 bits per heavy atom. The number of carbonyl (C=O) groups is 2. The van der Waals surface area contributed by atoms with Gasteiger partial charge in [-0.3, -0.25) is 14.9 Å². The van der Waals surface area contributed by atoms with Crippen molar-refractivity contribution in [1.29, 1.82) is 0 Å². The molecular formula is C22H19N3O7S. The maximum absolute atomic E-state index is 12.4. The second-order valence-corrected chi connectivity index (χ2v) is 7.44. The van der Waals surface area contributed by atoms with E-state index in [9.17, 15) is 24.8 Å². The van der Waals surface area contributed by atoms with Crippen LogP contribution >= 0.6 is 11.8 Å². The number of benzene rings is 2. The molecule has 1 amide bonds. The number of nitro groups is 1. The number of hydrogen-bond acceptors (Lipinski definition) is 8. The number of nitrogens with zero attached hydrogens (tertiary/aromatic N) is 2. The van der Waals surface area contributed by atoms with Crippen LogP contribution in [0.15, 0.2) is 65.8 Å². The third kappa shape index (κ3) is 6.68. The molecule has 10 nitrogen and oxygen atoms in total. The van der Waals surface area contributed by atoms with Crippen molar-refractivity contribution < 1.29 is 29.1 Å². The average Bonchev–Trinajstić information content (AvgIpc) is 2.79. The first-order valence-electron chi connectivity index (χ1n) is 9.67. The molecule has 3 rings (SSSR count). The lowest BCUT2D eigenvalue weighted by Crippen LogP contribution is -2.15. The highest BCUT2D eigenvalue weighted by Crippen LogP contribution is 2.31. The van der Waals surface area contributed by atoms with Gasteiger partial charge < -0.3 is 19.9 Å². The summed E-state index contributed by atoms with van der Waals surface area (Å²) >= 11 is 0.944. The summed E-state index contributed by atoms with van der Waals surface area (Å²) in [5.74, 6) is -0.532. The lowest BCUT2D eigenvalue weighted by Gasteiger charge is -2.10. The number of rotatable bonds is 10. The minimum Gasteiger partial charge on any atom is -0.494 e. The number of nitrogens with one attached hydrogen (secondary N) is 1.